The van der Waals surface area contributed by atoms with Gasteiger partial charge in [-0.15, -0.1) is 0 Å². The predicted molar refractivity (Wildman–Crippen MR) is 52.2 cm³/mol. The van der Waals surface area contributed by atoms with Gasteiger partial charge in [0.25, 0.3) is 0 Å². The maximum Gasteiger partial charge on any atom is 0.123 e. The summed E-state index contributed by atoms with van der Waals surface area (Å²) in [7, 11) is 0. The molecular formula is C11H15FO2. The molecule has 3 heteroatoms. The van der Waals surface area contributed by atoms with Crippen LogP contribution in [0.3, 0.4) is 0 Å². The van der Waals surface area contributed by atoms with Crippen LogP contribution in [0.25, 0.3) is 0 Å². The highest BCUT2D eigenvalue weighted by Gasteiger charge is 2.21. The van der Waals surface area contributed by atoms with Crippen molar-refractivity contribution in [3.63, 3.8) is 0 Å². The summed E-state index contributed by atoms with van der Waals surface area (Å²) in [5.74, 6) is -0.380. The molecule has 2 atom stereocenters. The van der Waals surface area contributed by atoms with E-state index in [1.165, 1.54) is 24.3 Å². The van der Waals surface area contributed by atoms with Gasteiger partial charge in [0.2, 0.25) is 0 Å². The van der Waals surface area contributed by atoms with Crippen molar-refractivity contribution in [3.8, 4) is 0 Å². The molecule has 0 aliphatic heterocycles. The Labute approximate surface area is 83.0 Å². The van der Waals surface area contributed by atoms with E-state index in [4.69, 9.17) is 0 Å². The van der Waals surface area contributed by atoms with E-state index in [1.54, 1.807) is 0 Å². The SMILES string of the molecule is CC(C)C(O)C(O)c1ccc(F)cc1. The van der Waals surface area contributed by atoms with Crippen LogP contribution in [-0.4, -0.2) is 16.3 Å². The normalized spacial score (nSPS) is 15.6. The third kappa shape index (κ3) is 2.53. The molecular weight excluding hydrogens is 183 g/mol. The fourth-order valence-electron chi connectivity index (χ4n) is 1.22. The average molecular weight is 198 g/mol. The Morgan fingerprint density at radius 2 is 1.57 bits per heavy atom. The first-order valence-corrected chi connectivity index (χ1v) is 4.64. The van der Waals surface area contributed by atoms with Crippen molar-refractivity contribution < 1.29 is 14.6 Å². The number of aliphatic hydroxyl groups excluding tert-OH is 2. The third-order valence-corrected chi connectivity index (χ3v) is 2.22. The molecule has 0 heterocycles. The summed E-state index contributed by atoms with van der Waals surface area (Å²) >= 11 is 0. The molecule has 0 bridgehead atoms. The molecule has 78 valence electrons. The van der Waals surface area contributed by atoms with Crippen LogP contribution in [0.1, 0.15) is 25.5 Å². The van der Waals surface area contributed by atoms with Crippen LogP contribution in [-0.2, 0) is 0 Å². The first-order valence-electron chi connectivity index (χ1n) is 4.64. The van der Waals surface area contributed by atoms with Gasteiger partial charge >= 0.3 is 0 Å². The van der Waals surface area contributed by atoms with E-state index in [0.29, 0.717) is 5.56 Å². The highest BCUT2D eigenvalue weighted by atomic mass is 19.1. The summed E-state index contributed by atoms with van der Waals surface area (Å²) in [6, 6.07) is 5.49. The number of benzene rings is 1. The van der Waals surface area contributed by atoms with Gasteiger partial charge in [0.1, 0.15) is 11.9 Å². The molecule has 0 aliphatic carbocycles. The van der Waals surface area contributed by atoms with Crippen molar-refractivity contribution in [2.45, 2.75) is 26.1 Å². The molecule has 0 aromatic heterocycles. The lowest BCUT2D eigenvalue weighted by atomic mass is 9.96. The zero-order valence-corrected chi connectivity index (χ0v) is 8.31. The summed E-state index contributed by atoms with van der Waals surface area (Å²) < 4.78 is 12.6. The molecule has 0 amide bonds. The smallest absolute Gasteiger partial charge is 0.123 e. The quantitative estimate of drug-likeness (QED) is 0.778. The Kier molecular flexibility index (Phi) is 3.61. The number of rotatable bonds is 3. The molecule has 1 aromatic rings. The Hall–Kier alpha value is -0.930. The molecule has 0 fully saturated rings. The average Bonchev–Trinajstić information content (AvgIpc) is 2.16. The van der Waals surface area contributed by atoms with Crippen molar-refractivity contribution in [1.82, 2.24) is 0 Å². The Morgan fingerprint density at radius 1 is 1.07 bits per heavy atom. The van der Waals surface area contributed by atoms with Crippen molar-refractivity contribution in [2.75, 3.05) is 0 Å². The van der Waals surface area contributed by atoms with Crippen molar-refractivity contribution in [1.29, 1.82) is 0 Å². The van der Waals surface area contributed by atoms with Gasteiger partial charge in [-0.25, -0.2) is 4.39 Å². The minimum atomic E-state index is -0.949. The van der Waals surface area contributed by atoms with Crippen LogP contribution in [0, 0.1) is 11.7 Å². The molecule has 0 saturated carbocycles. The van der Waals surface area contributed by atoms with Gasteiger partial charge in [-0.3, -0.25) is 0 Å². The van der Waals surface area contributed by atoms with Gasteiger partial charge in [0.05, 0.1) is 6.10 Å². The van der Waals surface area contributed by atoms with E-state index in [0.717, 1.165) is 0 Å². The van der Waals surface area contributed by atoms with Crippen LogP contribution in [0.2, 0.25) is 0 Å². The van der Waals surface area contributed by atoms with Crippen molar-refractivity contribution in [3.05, 3.63) is 35.6 Å². The summed E-state index contributed by atoms with van der Waals surface area (Å²) in [4.78, 5) is 0. The van der Waals surface area contributed by atoms with Gasteiger partial charge in [0, 0.05) is 0 Å². The van der Waals surface area contributed by atoms with Crippen LogP contribution in [0.15, 0.2) is 24.3 Å². The Morgan fingerprint density at radius 3 is 2.00 bits per heavy atom. The van der Waals surface area contributed by atoms with Crippen molar-refractivity contribution >= 4 is 0 Å². The molecule has 1 rings (SSSR count). The second-order valence-corrected chi connectivity index (χ2v) is 3.73. The number of halogens is 1. The van der Waals surface area contributed by atoms with Gasteiger partial charge in [-0.2, -0.15) is 0 Å². The monoisotopic (exact) mass is 198 g/mol. The highest BCUT2D eigenvalue weighted by molar-refractivity contribution is 5.19. The second-order valence-electron chi connectivity index (χ2n) is 3.73. The minimum absolute atomic E-state index is 0.0324. The van der Waals surface area contributed by atoms with Gasteiger partial charge in [0.15, 0.2) is 0 Å². The zero-order chi connectivity index (χ0) is 10.7. The van der Waals surface area contributed by atoms with Crippen LogP contribution in [0.4, 0.5) is 4.39 Å². The van der Waals surface area contributed by atoms with E-state index >= 15 is 0 Å². The first kappa shape index (κ1) is 11.1. The Balaban J connectivity index is 2.78. The van der Waals surface area contributed by atoms with Crippen molar-refractivity contribution in [2.24, 2.45) is 5.92 Å². The largest absolute Gasteiger partial charge is 0.390 e. The summed E-state index contributed by atoms with van der Waals surface area (Å²) in [5.41, 5.74) is 0.535. The molecule has 14 heavy (non-hydrogen) atoms. The highest BCUT2D eigenvalue weighted by Crippen LogP contribution is 2.21. The predicted octanol–water partition coefficient (Wildman–Crippen LogP) is 1.88. The molecule has 0 radical (unpaired) electrons. The summed E-state index contributed by atoms with van der Waals surface area (Å²) in [6.45, 7) is 3.63. The molecule has 0 aliphatic rings. The molecule has 1 aromatic carbocycles. The maximum atomic E-state index is 12.6. The molecule has 0 spiro atoms. The fourth-order valence-corrected chi connectivity index (χ4v) is 1.22. The van der Waals surface area contributed by atoms with E-state index in [1.807, 2.05) is 13.8 Å². The van der Waals surface area contributed by atoms with E-state index in [2.05, 4.69) is 0 Å². The number of hydrogen-bond acceptors (Lipinski definition) is 2. The van der Waals surface area contributed by atoms with E-state index < -0.39 is 12.2 Å². The molecule has 2 unspecified atom stereocenters. The second kappa shape index (κ2) is 4.53. The van der Waals surface area contributed by atoms with Gasteiger partial charge in [-0.1, -0.05) is 26.0 Å². The summed E-state index contributed by atoms with van der Waals surface area (Å²) in [6.07, 6.45) is -1.77. The van der Waals surface area contributed by atoms with E-state index in [-0.39, 0.29) is 11.7 Å². The fraction of sp³-hybridized carbons (Fsp3) is 0.455. The molecule has 2 nitrogen and oxygen atoms in total. The maximum absolute atomic E-state index is 12.6. The standard InChI is InChI=1S/C11H15FO2/c1-7(2)10(13)11(14)8-3-5-9(12)6-4-8/h3-7,10-11,13-14H,1-2H3. The minimum Gasteiger partial charge on any atom is -0.390 e. The molecule has 2 N–H and O–H groups in total. The first-order chi connectivity index (χ1) is 6.52. The third-order valence-electron chi connectivity index (χ3n) is 2.22. The topological polar surface area (TPSA) is 40.5 Å². The van der Waals surface area contributed by atoms with Gasteiger partial charge in [-0.05, 0) is 23.6 Å². The Bertz CT molecular complexity index is 282. The van der Waals surface area contributed by atoms with E-state index in [9.17, 15) is 14.6 Å². The zero-order valence-electron chi connectivity index (χ0n) is 8.31. The van der Waals surface area contributed by atoms with Crippen LogP contribution < -0.4 is 0 Å². The van der Waals surface area contributed by atoms with Crippen LogP contribution in [0.5, 0.6) is 0 Å². The molecule has 0 saturated heterocycles. The lowest BCUT2D eigenvalue weighted by molar-refractivity contribution is -0.00942. The lowest BCUT2D eigenvalue weighted by Crippen LogP contribution is -2.23. The summed E-state index contributed by atoms with van der Waals surface area (Å²) in [5, 5.41) is 19.3. The number of hydrogen-bond donors (Lipinski definition) is 2. The van der Waals surface area contributed by atoms with Gasteiger partial charge < -0.3 is 10.2 Å². The number of aliphatic hydroxyl groups is 2. The van der Waals surface area contributed by atoms with Crippen LogP contribution >= 0.6 is 0 Å². The lowest BCUT2D eigenvalue weighted by Gasteiger charge is -2.21.